The number of aliphatic carboxylic acids is 1. The Labute approximate surface area is 482 Å². The molecule has 2 aliphatic heterocycles. The summed E-state index contributed by atoms with van der Waals surface area (Å²) in [7, 11) is 0. The molecule has 2 aromatic rings. The Kier molecular flexibility index (Phi) is 26.5. The second-order valence-corrected chi connectivity index (χ2v) is 23.2. The summed E-state index contributed by atoms with van der Waals surface area (Å²) in [6, 6.07) is -3.60. The highest BCUT2D eigenvalue weighted by atomic mass is 32.2. The van der Waals surface area contributed by atoms with Crippen molar-refractivity contribution >= 4 is 93.6 Å². The van der Waals surface area contributed by atoms with Crippen molar-refractivity contribution in [1.29, 1.82) is 0 Å². The molecule has 2 fully saturated rings. The predicted molar refractivity (Wildman–Crippen MR) is 305 cm³/mol. The van der Waals surface area contributed by atoms with E-state index in [1.165, 1.54) is 21.6 Å². The molecule has 82 heavy (non-hydrogen) atoms. The molecule has 454 valence electrons. The van der Waals surface area contributed by atoms with Crippen LogP contribution in [-0.2, 0) is 64.0 Å². The molecule has 0 unspecified atom stereocenters. The fourth-order valence-corrected chi connectivity index (χ4v) is 10.4. The molecule has 0 radical (unpaired) electrons. The fourth-order valence-electron chi connectivity index (χ4n) is 9.96. The molecule has 4 rings (SSSR count). The largest absolute Gasteiger partial charge is 0.480 e. The van der Waals surface area contributed by atoms with Crippen molar-refractivity contribution in [2.75, 3.05) is 31.6 Å². The van der Waals surface area contributed by atoms with Crippen LogP contribution in [0.25, 0.3) is 10.9 Å². The number of nitrogens with two attached hydrogens (primary N) is 3. The molecule has 15 N–H and O–H groups in total. The van der Waals surface area contributed by atoms with Gasteiger partial charge < -0.3 is 74.3 Å². The zero-order valence-corrected chi connectivity index (χ0v) is 48.8. The van der Waals surface area contributed by atoms with Crippen LogP contribution < -0.4 is 54.4 Å². The number of para-hydroxylation sites is 1. The number of hydrogen-bond donors (Lipinski definition) is 12. The first-order valence-electron chi connectivity index (χ1n) is 28.0. The minimum absolute atomic E-state index is 0.0126. The summed E-state index contributed by atoms with van der Waals surface area (Å²) in [6.07, 6.45) is 4.43. The fraction of sp³-hybridized carbons (Fsp3) is 0.636. The summed E-state index contributed by atoms with van der Waals surface area (Å²) in [6.45, 7) is 10.4. The van der Waals surface area contributed by atoms with Crippen molar-refractivity contribution in [2.45, 2.75) is 173 Å². The predicted octanol–water partition coefficient (Wildman–Crippen LogP) is -0.838. The highest BCUT2D eigenvalue weighted by Crippen LogP contribution is 2.26. The first kappa shape index (κ1) is 67.2. The summed E-state index contributed by atoms with van der Waals surface area (Å²) in [5.74, 6) is -9.49. The Morgan fingerprint density at radius 3 is 1.74 bits per heavy atom. The van der Waals surface area contributed by atoms with Gasteiger partial charge in [0.15, 0.2) is 0 Å². The lowest BCUT2D eigenvalue weighted by molar-refractivity contribution is -0.147. The van der Waals surface area contributed by atoms with Gasteiger partial charge in [-0.1, -0.05) is 59.7 Å². The van der Waals surface area contributed by atoms with Crippen LogP contribution in [0.3, 0.4) is 0 Å². The summed E-state index contributed by atoms with van der Waals surface area (Å²) in [5.41, 5.74) is 17.8. The van der Waals surface area contributed by atoms with Gasteiger partial charge in [0.2, 0.25) is 65.0 Å². The Balaban J connectivity index is 1.56. The molecular weight excluding hydrogens is 1080 g/mol. The van der Waals surface area contributed by atoms with Crippen LogP contribution in [-0.4, -0.2) is 177 Å². The van der Waals surface area contributed by atoms with E-state index in [0.29, 0.717) is 30.6 Å². The van der Waals surface area contributed by atoms with Crippen molar-refractivity contribution in [3.8, 4) is 0 Å². The molecule has 0 saturated carbocycles. The molecule has 11 amide bonds. The number of nitrogens with zero attached hydrogens (tertiary/aromatic N) is 2. The van der Waals surface area contributed by atoms with Crippen molar-refractivity contribution in [3.05, 3.63) is 36.0 Å². The van der Waals surface area contributed by atoms with Crippen molar-refractivity contribution in [2.24, 2.45) is 35.0 Å². The molecule has 2 saturated heterocycles. The normalized spacial score (nSPS) is 17.7. The zero-order chi connectivity index (χ0) is 61.0. The van der Waals surface area contributed by atoms with Crippen LogP contribution >= 0.6 is 11.8 Å². The van der Waals surface area contributed by atoms with E-state index in [2.05, 4.69) is 42.2 Å². The maximum absolute atomic E-state index is 14.7. The first-order chi connectivity index (χ1) is 38.7. The van der Waals surface area contributed by atoms with Gasteiger partial charge in [0.05, 0.1) is 12.6 Å². The van der Waals surface area contributed by atoms with Crippen molar-refractivity contribution in [3.63, 3.8) is 0 Å². The van der Waals surface area contributed by atoms with Gasteiger partial charge in [-0.3, -0.25) is 52.7 Å². The second-order valence-electron chi connectivity index (χ2n) is 22.2. The molecule has 2 aliphatic rings. The Morgan fingerprint density at radius 2 is 1.16 bits per heavy atom. The van der Waals surface area contributed by atoms with Crippen LogP contribution in [0.1, 0.15) is 118 Å². The molecule has 0 spiro atoms. The van der Waals surface area contributed by atoms with Gasteiger partial charge in [-0.15, -0.1) is 0 Å². The smallest absolute Gasteiger partial charge is 0.326 e. The first-order valence-corrected chi connectivity index (χ1v) is 29.4. The molecule has 3 heterocycles. The van der Waals surface area contributed by atoms with Crippen LogP contribution in [0.5, 0.6) is 0 Å². The third-order valence-corrected chi connectivity index (χ3v) is 15.0. The molecule has 9 atom stereocenters. The maximum Gasteiger partial charge on any atom is 0.326 e. The number of nitrogens with one attached hydrogen (secondary N) is 8. The molecule has 27 heteroatoms. The van der Waals surface area contributed by atoms with E-state index in [1.54, 1.807) is 40.0 Å². The number of carboxylic acids is 1. The maximum atomic E-state index is 14.7. The minimum atomic E-state index is -1.43. The van der Waals surface area contributed by atoms with E-state index >= 15 is 0 Å². The number of primary amides is 2. The van der Waals surface area contributed by atoms with Crippen LogP contribution in [0.4, 0.5) is 0 Å². The number of hydrogen-bond acceptors (Lipinski definition) is 14. The third kappa shape index (κ3) is 20.3. The van der Waals surface area contributed by atoms with Gasteiger partial charge in [0.25, 0.3) is 0 Å². The molecule has 0 bridgehead atoms. The number of carbonyl (C=O) groups excluding carboxylic acids is 11. The SMILES string of the molecule is CSCC[C@H](NC(=O)[C@H](CC(C)C)NC(=O)[C@@H]1CCCN1C(=O)[C@@H]1CCCN1C(=O)CNC(=O)[C@@H](N)CCC(N)=O)C(=O)N[C@@H](Cc1c[nH]c2ccccc12)C(=O)N[C@@H](CC(C)C)C(=O)N[C@@H](CCC(N)=O)C(=O)N[C@H](C(=O)O)C(C)C. The molecule has 26 nitrogen and oxygen atoms in total. The van der Waals surface area contributed by atoms with Crippen LogP contribution in [0.15, 0.2) is 30.5 Å². The lowest BCUT2D eigenvalue weighted by Gasteiger charge is -2.32. The number of rotatable bonds is 33. The highest BCUT2D eigenvalue weighted by Gasteiger charge is 2.43. The molecular formula is C55H85N13O13S. The number of aromatic nitrogens is 1. The molecule has 0 aliphatic carbocycles. The number of H-pyrrole nitrogens is 1. The average Bonchev–Trinajstić information content (AvgIpc) is 4.23. The van der Waals surface area contributed by atoms with Gasteiger partial charge in [-0.2, -0.15) is 11.8 Å². The summed E-state index contributed by atoms with van der Waals surface area (Å²) < 4.78 is 0. The average molecular weight is 1170 g/mol. The van der Waals surface area contributed by atoms with Gasteiger partial charge in [-0.05, 0) is 99.2 Å². The van der Waals surface area contributed by atoms with E-state index in [0.717, 1.165) is 10.9 Å². The van der Waals surface area contributed by atoms with Gasteiger partial charge in [0, 0.05) is 49.5 Å². The van der Waals surface area contributed by atoms with Gasteiger partial charge in [-0.25, -0.2) is 4.79 Å². The number of amides is 11. The van der Waals surface area contributed by atoms with Crippen molar-refractivity contribution < 1.29 is 62.6 Å². The van der Waals surface area contributed by atoms with Gasteiger partial charge >= 0.3 is 5.97 Å². The Morgan fingerprint density at radius 1 is 0.646 bits per heavy atom. The third-order valence-electron chi connectivity index (χ3n) is 14.3. The van der Waals surface area contributed by atoms with Crippen molar-refractivity contribution in [1.82, 2.24) is 52.0 Å². The Bertz CT molecular complexity index is 2610. The number of carbonyl (C=O) groups is 12. The monoisotopic (exact) mass is 1170 g/mol. The quantitative estimate of drug-likeness (QED) is 0.0415. The number of aromatic amines is 1. The molecule has 1 aromatic heterocycles. The van der Waals surface area contributed by atoms with E-state index in [9.17, 15) is 62.6 Å². The van der Waals surface area contributed by atoms with Crippen LogP contribution in [0.2, 0.25) is 0 Å². The topological polar surface area (TPSA) is 410 Å². The molecule has 1 aromatic carbocycles. The minimum Gasteiger partial charge on any atom is -0.480 e. The van der Waals surface area contributed by atoms with E-state index in [4.69, 9.17) is 17.2 Å². The number of thioether (sulfide) groups is 1. The summed E-state index contributed by atoms with van der Waals surface area (Å²) in [4.78, 5) is 167. The van der Waals surface area contributed by atoms with Crippen LogP contribution in [0, 0.1) is 17.8 Å². The number of carboxylic acid groups (broad SMARTS) is 1. The highest BCUT2D eigenvalue weighted by molar-refractivity contribution is 7.98. The van der Waals surface area contributed by atoms with Gasteiger partial charge in [0.1, 0.15) is 48.3 Å². The summed E-state index contributed by atoms with van der Waals surface area (Å²) in [5, 5.41) is 29.2. The summed E-state index contributed by atoms with van der Waals surface area (Å²) >= 11 is 1.40. The number of benzene rings is 1. The lowest BCUT2D eigenvalue weighted by atomic mass is 9.99. The number of fused-ring (bicyclic) bond motifs is 1. The van der Waals surface area contributed by atoms with E-state index < -0.39 is 138 Å². The zero-order valence-electron chi connectivity index (χ0n) is 48.0. The lowest BCUT2D eigenvalue weighted by Crippen LogP contribution is -2.60. The standard InChI is InChI=1S/C55H85N13O13S/c1-29(2)24-38(50(75)61-36(17-19-44(58)70)49(74)66-46(31(5)6)55(80)81)63-52(77)40(26-32-27-59-35-13-9-8-12-33(32)35)64-48(73)37(20-23-82-7)62-51(76)39(25-30(3)4)65-53(78)41-14-10-22-68(41)54(79)42-15-11-21-67(42)45(71)28-60-47(72)34(56)16-18-43(57)69/h8-9,12-13,27,29-31,34,36-42,46,59H,10-11,14-26,28,56H2,1-7H3,(H2,57,69)(H2,58,70)(H,60,72)(H,61,75)(H,62,76)(H,63,77)(H,64,73)(H,65,78)(H,66,74)(H,80,81)/t34-,36-,37-,38-,39-,40-,41-,42-,46-/m0/s1. The van der Waals surface area contributed by atoms with E-state index in [-0.39, 0.29) is 82.7 Å². The second kappa shape index (κ2) is 32.4. The number of likely N-dealkylation sites (tertiary alicyclic amines) is 2. The Hall–Kier alpha value is -7.29. The van der Waals surface area contributed by atoms with E-state index in [1.807, 2.05) is 38.3 Å².